The SMILES string of the molecule is CCOC(CC)(CC)C(Cc1cc(C)nn1C)NN. The Morgan fingerprint density at radius 2 is 2.05 bits per heavy atom. The number of hydrogen-bond donors (Lipinski definition) is 2. The number of rotatable bonds is 8. The average Bonchev–Trinajstić information content (AvgIpc) is 2.72. The fourth-order valence-electron chi connectivity index (χ4n) is 2.80. The van der Waals surface area contributed by atoms with Gasteiger partial charge >= 0.3 is 0 Å². The van der Waals surface area contributed by atoms with Crippen LogP contribution in [0.1, 0.15) is 45.0 Å². The van der Waals surface area contributed by atoms with Crippen molar-refractivity contribution in [1.82, 2.24) is 15.2 Å². The molecule has 0 aliphatic heterocycles. The van der Waals surface area contributed by atoms with E-state index in [0.29, 0.717) is 6.61 Å². The van der Waals surface area contributed by atoms with Crippen LogP contribution in [0.3, 0.4) is 0 Å². The van der Waals surface area contributed by atoms with Gasteiger partial charge in [0.15, 0.2) is 0 Å². The van der Waals surface area contributed by atoms with Gasteiger partial charge in [0.2, 0.25) is 0 Å². The summed E-state index contributed by atoms with van der Waals surface area (Å²) in [4.78, 5) is 0. The van der Waals surface area contributed by atoms with Crippen molar-refractivity contribution in [2.24, 2.45) is 12.9 Å². The van der Waals surface area contributed by atoms with Crippen molar-refractivity contribution < 1.29 is 4.74 Å². The van der Waals surface area contributed by atoms with Gasteiger partial charge in [-0.3, -0.25) is 16.0 Å². The normalized spacial score (nSPS) is 13.8. The summed E-state index contributed by atoms with van der Waals surface area (Å²) >= 11 is 0. The van der Waals surface area contributed by atoms with Gasteiger partial charge in [-0.25, -0.2) is 0 Å². The predicted molar refractivity (Wildman–Crippen MR) is 77.7 cm³/mol. The van der Waals surface area contributed by atoms with Gasteiger partial charge in [-0.1, -0.05) is 13.8 Å². The zero-order valence-electron chi connectivity index (χ0n) is 12.9. The molecule has 0 aliphatic carbocycles. The number of hydrogen-bond acceptors (Lipinski definition) is 4. The van der Waals surface area contributed by atoms with Crippen molar-refractivity contribution in [1.29, 1.82) is 0 Å². The zero-order chi connectivity index (χ0) is 14.5. The van der Waals surface area contributed by atoms with Crippen LogP contribution in [-0.2, 0) is 18.2 Å². The highest BCUT2D eigenvalue weighted by molar-refractivity contribution is 5.12. The van der Waals surface area contributed by atoms with Crippen LogP contribution in [-0.4, -0.2) is 28.0 Å². The summed E-state index contributed by atoms with van der Waals surface area (Å²) in [6, 6.07) is 2.18. The first-order chi connectivity index (χ1) is 9.02. The molecule has 0 radical (unpaired) electrons. The Labute approximate surface area is 116 Å². The fraction of sp³-hybridized carbons (Fsp3) is 0.786. The van der Waals surface area contributed by atoms with Gasteiger partial charge in [0.05, 0.1) is 17.3 Å². The molecule has 1 heterocycles. The maximum absolute atomic E-state index is 6.03. The fourth-order valence-corrected chi connectivity index (χ4v) is 2.80. The van der Waals surface area contributed by atoms with Gasteiger partial charge in [0.25, 0.3) is 0 Å². The number of hydrazine groups is 1. The molecule has 0 aromatic carbocycles. The van der Waals surface area contributed by atoms with Crippen LogP contribution in [0.15, 0.2) is 6.07 Å². The molecule has 110 valence electrons. The minimum absolute atomic E-state index is 0.0808. The Morgan fingerprint density at radius 3 is 2.42 bits per heavy atom. The summed E-state index contributed by atoms with van der Waals surface area (Å²) in [7, 11) is 1.97. The van der Waals surface area contributed by atoms with Crippen LogP contribution in [0, 0.1) is 6.92 Å². The second kappa shape index (κ2) is 7.03. The molecule has 1 rings (SSSR count). The molecule has 19 heavy (non-hydrogen) atoms. The monoisotopic (exact) mass is 268 g/mol. The first kappa shape index (κ1) is 16.1. The topological polar surface area (TPSA) is 65.1 Å². The Hall–Kier alpha value is -0.910. The molecule has 0 saturated heterocycles. The van der Waals surface area contributed by atoms with E-state index in [4.69, 9.17) is 10.6 Å². The van der Waals surface area contributed by atoms with Crippen molar-refractivity contribution >= 4 is 0 Å². The van der Waals surface area contributed by atoms with Crippen LogP contribution in [0.5, 0.6) is 0 Å². The number of nitrogens with one attached hydrogen (secondary N) is 1. The van der Waals surface area contributed by atoms with E-state index >= 15 is 0 Å². The van der Waals surface area contributed by atoms with Crippen molar-refractivity contribution in [3.8, 4) is 0 Å². The lowest BCUT2D eigenvalue weighted by Crippen LogP contribution is -2.55. The number of nitrogens with two attached hydrogens (primary N) is 1. The van der Waals surface area contributed by atoms with Gasteiger partial charge in [0, 0.05) is 25.8 Å². The largest absolute Gasteiger partial charge is 0.374 e. The molecule has 1 aromatic rings. The lowest BCUT2D eigenvalue weighted by molar-refractivity contribution is -0.0722. The molecular weight excluding hydrogens is 240 g/mol. The molecule has 0 amide bonds. The van der Waals surface area contributed by atoms with Gasteiger partial charge in [-0.05, 0) is 32.8 Å². The molecule has 5 heteroatoms. The summed E-state index contributed by atoms with van der Waals surface area (Å²) in [5.41, 5.74) is 4.93. The van der Waals surface area contributed by atoms with E-state index in [0.717, 1.165) is 25.0 Å². The van der Waals surface area contributed by atoms with E-state index in [1.54, 1.807) is 0 Å². The third kappa shape index (κ3) is 3.55. The van der Waals surface area contributed by atoms with E-state index in [9.17, 15) is 0 Å². The van der Waals surface area contributed by atoms with Crippen LogP contribution >= 0.6 is 0 Å². The molecule has 1 unspecified atom stereocenters. The highest BCUT2D eigenvalue weighted by Gasteiger charge is 2.36. The van der Waals surface area contributed by atoms with Crippen LogP contribution < -0.4 is 11.3 Å². The van der Waals surface area contributed by atoms with Crippen molar-refractivity contribution in [2.45, 2.75) is 58.6 Å². The van der Waals surface area contributed by atoms with Gasteiger partial charge in [0.1, 0.15) is 0 Å². The number of aryl methyl sites for hydroxylation is 2. The van der Waals surface area contributed by atoms with E-state index in [1.165, 1.54) is 5.69 Å². The third-order valence-corrected chi connectivity index (χ3v) is 3.98. The highest BCUT2D eigenvalue weighted by Crippen LogP contribution is 2.27. The quantitative estimate of drug-likeness (QED) is 0.556. The Morgan fingerprint density at radius 1 is 1.42 bits per heavy atom. The maximum atomic E-state index is 6.03. The van der Waals surface area contributed by atoms with Crippen LogP contribution in [0.4, 0.5) is 0 Å². The minimum Gasteiger partial charge on any atom is -0.374 e. The summed E-state index contributed by atoms with van der Waals surface area (Å²) in [6.07, 6.45) is 2.68. The molecule has 0 fully saturated rings. The zero-order valence-corrected chi connectivity index (χ0v) is 12.9. The molecular formula is C14H28N4O. The first-order valence-corrected chi connectivity index (χ1v) is 7.12. The van der Waals surface area contributed by atoms with E-state index < -0.39 is 0 Å². The highest BCUT2D eigenvalue weighted by atomic mass is 16.5. The summed E-state index contributed by atoms with van der Waals surface area (Å²) in [5, 5.41) is 4.39. The lowest BCUT2D eigenvalue weighted by Gasteiger charge is -2.39. The third-order valence-electron chi connectivity index (χ3n) is 3.98. The molecule has 5 nitrogen and oxygen atoms in total. The van der Waals surface area contributed by atoms with Crippen LogP contribution in [0.25, 0.3) is 0 Å². The minimum atomic E-state index is -0.221. The smallest absolute Gasteiger partial charge is 0.0846 e. The molecule has 0 bridgehead atoms. The van der Waals surface area contributed by atoms with Crippen molar-refractivity contribution in [2.75, 3.05) is 6.61 Å². The van der Waals surface area contributed by atoms with Crippen LogP contribution in [0.2, 0.25) is 0 Å². The van der Waals surface area contributed by atoms with Gasteiger partial charge in [-0.15, -0.1) is 0 Å². The average molecular weight is 268 g/mol. The Balaban J connectivity index is 2.94. The Bertz CT molecular complexity index is 385. The van der Waals surface area contributed by atoms with E-state index in [2.05, 4.69) is 30.4 Å². The maximum Gasteiger partial charge on any atom is 0.0846 e. The number of aromatic nitrogens is 2. The summed E-state index contributed by atoms with van der Waals surface area (Å²) < 4.78 is 7.95. The van der Waals surface area contributed by atoms with Gasteiger partial charge < -0.3 is 4.74 Å². The summed E-state index contributed by atoms with van der Waals surface area (Å²) in [6.45, 7) is 9.03. The molecule has 0 saturated carbocycles. The number of nitrogens with zero attached hydrogens (tertiary/aromatic N) is 2. The van der Waals surface area contributed by atoms with E-state index in [1.807, 2.05) is 25.6 Å². The lowest BCUT2D eigenvalue weighted by atomic mass is 9.85. The standard InChI is InChI=1S/C14H28N4O/c1-6-14(7-2,19-8-3)13(16-15)10-12-9-11(4)17-18(12)5/h9,13,16H,6-8,10,15H2,1-5H3. The van der Waals surface area contributed by atoms with E-state index in [-0.39, 0.29) is 11.6 Å². The second-order valence-corrected chi connectivity index (χ2v) is 5.03. The summed E-state index contributed by atoms with van der Waals surface area (Å²) in [5.74, 6) is 5.79. The molecule has 1 atom stereocenters. The predicted octanol–water partition coefficient (Wildman–Crippen LogP) is 1.70. The second-order valence-electron chi connectivity index (χ2n) is 5.03. The molecule has 0 aliphatic rings. The van der Waals surface area contributed by atoms with Crippen molar-refractivity contribution in [3.63, 3.8) is 0 Å². The molecule has 0 spiro atoms. The molecule has 3 N–H and O–H groups in total. The van der Waals surface area contributed by atoms with Gasteiger partial charge in [-0.2, -0.15) is 5.10 Å². The van der Waals surface area contributed by atoms with Crippen molar-refractivity contribution in [3.05, 3.63) is 17.5 Å². The first-order valence-electron chi connectivity index (χ1n) is 7.12. The molecule has 1 aromatic heterocycles. The number of ether oxygens (including phenoxy) is 1. The Kier molecular flexibility index (Phi) is 5.97.